The summed E-state index contributed by atoms with van der Waals surface area (Å²) >= 11 is 0. The van der Waals surface area contributed by atoms with E-state index in [0.717, 1.165) is 26.1 Å². The van der Waals surface area contributed by atoms with Gasteiger partial charge in [0.25, 0.3) is 11.9 Å². The number of carbonyl (C=O) groups excluding carboxylic acids is 1. The molecule has 3 rings (SSSR count). The molecule has 0 spiro atoms. The number of hydrogen-bond acceptors (Lipinski definition) is 4. The molecule has 1 aromatic carbocycles. The van der Waals surface area contributed by atoms with Crippen molar-refractivity contribution in [3.8, 4) is 11.7 Å². The smallest absolute Gasteiger partial charge is 0.290 e. The third kappa shape index (κ3) is 3.31. The lowest BCUT2D eigenvalue weighted by atomic mass is 10.1. The highest BCUT2D eigenvalue weighted by molar-refractivity contribution is 5.91. The monoisotopic (exact) mass is 300 g/mol. The molecule has 1 N–H and O–H groups in total. The van der Waals surface area contributed by atoms with Crippen LogP contribution >= 0.6 is 0 Å². The SMILES string of the molecule is CNCC1CCN(C(=O)c2ccc(Oc3ccccc3)o2)C1. The van der Waals surface area contributed by atoms with Crippen LogP contribution in [0.4, 0.5) is 0 Å². The van der Waals surface area contributed by atoms with E-state index in [4.69, 9.17) is 9.15 Å². The number of ether oxygens (including phenoxy) is 1. The van der Waals surface area contributed by atoms with Gasteiger partial charge in [0.2, 0.25) is 0 Å². The standard InChI is InChI=1S/C17H20N2O3/c1-18-11-13-9-10-19(12-13)17(20)15-7-8-16(22-15)21-14-5-3-2-4-6-14/h2-8,13,18H,9-12H2,1H3. The second-order valence-electron chi connectivity index (χ2n) is 5.50. The molecule has 0 bridgehead atoms. The Morgan fingerprint density at radius 2 is 2.14 bits per heavy atom. The van der Waals surface area contributed by atoms with Crippen molar-refractivity contribution in [1.82, 2.24) is 10.2 Å². The minimum Gasteiger partial charge on any atom is -0.426 e. The Balaban J connectivity index is 1.62. The summed E-state index contributed by atoms with van der Waals surface area (Å²) in [4.78, 5) is 14.3. The Morgan fingerprint density at radius 1 is 1.32 bits per heavy atom. The molecule has 2 aromatic rings. The van der Waals surface area contributed by atoms with Crippen molar-refractivity contribution >= 4 is 5.91 Å². The van der Waals surface area contributed by atoms with Crippen molar-refractivity contribution in [1.29, 1.82) is 0 Å². The number of benzene rings is 1. The highest BCUT2D eigenvalue weighted by Crippen LogP contribution is 2.25. The van der Waals surface area contributed by atoms with E-state index in [1.165, 1.54) is 0 Å². The normalized spacial score (nSPS) is 17.7. The van der Waals surface area contributed by atoms with Gasteiger partial charge in [-0.2, -0.15) is 0 Å². The first-order valence-corrected chi connectivity index (χ1v) is 7.53. The predicted octanol–water partition coefficient (Wildman–Crippen LogP) is 2.75. The van der Waals surface area contributed by atoms with E-state index in [-0.39, 0.29) is 5.91 Å². The van der Waals surface area contributed by atoms with Gasteiger partial charge in [0, 0.05) is 19.2 Å². The average molecular weight is 300 g/mol. The van der Waals surface area contributed by atoms with Gasteiger partial charge in [0.05, 0.1) is 0 Å². The van der Waals surface area contributed by atoms with Gasteiger partial charge in [-0.05, 0) is 44.1 Å². The number of carbonyl (C=O) groups is 1. The van der Waals surface area contributed by atoms with Crippen molar-refractivity contribution in [2.45, 2.75) is 6.42 Å². The summed E-state index contributed by atoms with van der Waals surface area (Å²) in [6.45, 7) is 2.49. The van der Waals surface area contributed by atoms with Gasteiger partial charge in [-0.25, -0.2) is 0 Å². The van der Waals surface area contributed by atoms with E-state index in [9.17, 15) is 4.79 Å². The number of likely N-dealkylation sites (tertiary alicyclic amines) is 1. The zero-order chi connectivity index (χ0) is 15.4. The minimum atomic E-state index is -0.0680. The zero-order valence-electron chi connectivity index (χ0n) is 12.6. The quantitative estimate of drug-likeness (QED) is 0.922. The number of nitrogens with zero attached hydrogens (tertiary/aromatic N) is 1. The van der Waals surface area contributed by atoms with Crippen LogP contribution in [0, 0.1) is 5.92 Å². The predicted molar refractivity (Wildman–Crippen MR) is 83.2 cm³/mol. The van der Waals surface area contributed by atoms with Crippen LogP contribution in [0.3, 0.4) is 0 Å². The number of furan rings is 1. The summed E-state index contributed by atoms with van der Waals surface area (Å²) in [5, 5.41) is 3.16. The lowest BCUT2D eigenvalue weighted by Gasteiger charge is -2.14. The van der Waals surface area contributed by atoms with Crippen LogP contribution in [0.25, 0.3) is 0 Å². The molecule has 1 saturated heterocycles. The van der Waals surface area contributed by atoms with Crippen LogP contribution in [0.15, 0.2) is 46.9 Å². The van der Waals surface area contributed by atoms with Crippen molar-refractivity contribution in [3.63, 3.8) is 0 Å². The molecular formula is C17H20N2O3. The summed E-state index contributed by atoms with van der Waals surface area (Å²) in [7, 11) is 1.93. The van der Waals surface area contributed by atoms with Gasteiger partial charge in [0.15, 0.2) is 5.76 Å². The molecule has 0 aliphatic carbocycles. The second kappa shape index (κ2) is 6.66. The Morgan fingerprint density at radius 3 is 2.91 bits per heavy atom. The number of rotatable bonds is 5. The highest BCUT2D eigenvalue weighted by Gasteiger charge is 2.28. The molecular weight excluding hydrogens is 280 g/mol. The fourth-order valence-corrected chi connectivity index (χ4v) is 2.72. The Labute approximate surface area is 129 Å². The van der Waals surface area contributed by atoms with Gasteiger partial charge in [-0.15, -0.1) is 0 Å². The van der Waals surface area contributed by atoms with E-state index in [2.05, 4.69) is 5.32 Å². The Hall–Kier alpha value is -2.27. The molecule has 1 amide bonds. The lowest BCUT2D eigenvalue weighted by Crippen LogP contribution is -2.30. The maximum atomic E-state index is 12.4. The largest absolute Gasteiger partial charge is 0.426 e. The lowest BCUT2D eigenvalue weighted by molar-refractivity contribution is 0.0750. The first-order chi connectivity index (χ1) is 10.8. The molecule has 5 heteroatoms. The molecule has 1 aliphatic heterocycles. The molecule has 1 atom stereocenters. The van der Waals surface area contributed by atoms with Crippen molar-refractivity contribution in [2.24, 2.45) is 5.92 Å². The van der Waals surface area contributed by atoms with E-state index >= 15 is 0 Å². The molecule has 5 nitrogen and oxygen atoms in total. The van der Waals surface area contributed by atoms with Crippen LogP contribution < -0.4 is 10.1 Å². The fourth-order valence-electron chi connectivity index (χ4n) is 2.72. The van der Waals surface area contributed by atoms with Crippen LogP contribution in [-0.4, -0.2) is 37.5 Å². The first-order valence-electron chi connectivity index (χ1n) is 7.53. The maximum Gasteiger partial charge on any atom is 0.290 e. The first kappa shape index (κ1) is 14.7. The third-order valence-electron chi connectivity index (χ3n) is 3.82. The summed E-state index contributed by atoms with van der Waals surface area (Å²) in [6.07, 6.45) is 1.03. The van der Waals surface area contributed by atoms with Gasteiger partial charge >= 0.3 is 0 Å². The molecule has 1 aliphatic rings. The Kier molecular flexibility index (Phi) is 4.44. The van der Waals surface area contributed by atoms with Crippen LogP contribution in [0.2, 0.25) is 0 Å². The van der Waals surface area contributed by atoms with Crippen LogP contribution in [0.5, 0.6) is 11.7 Å². The summed E-state index contributed by atoms with van der Waals surface area (Å²) < 4.78 is 11.1. The minimum absolute atomic E-state index is 0.0680. The topological polar surface area (TPSA) is 54.7 Å². The molecule has 0 saturated carbocycles. The van der Waals surface area contributed by atoms with Gasteiger partial charge in [-0.3, -0.25) is 4.79 Å². The molecule has 22 heavy (non-hydrogen) atoms. The Bertz CT molecular complexity index is 624. The van der Waals surface area contributed by atoms with Crippen molar-refractivity contribution in [2.75, 3.05) is 26.7 Å². The fraction of sp³-hybridized carbons (Fsp3) is 0.353. The van der Waals surface area contributed by atoms with E-state index in [1.54, 1.807) is 12.1 Å². The molecule has 0 radical (unpaired) electrons. The van der Waals surface area contributed by atoms with E-state index in [1.807, 2.05) is 42.3 Å². The van der Waals surface area contributed by atoms with E-state index in [0.29, 0.717) is 23.4 Å². The highest BCUT2D eigenvalue weighted by atomic mass is 16.6. The van der Waals surface area contributed by atoms with Crippen molar-refractivity contribution < 1.29 is 13.9 Å². The van der Waals surface area contributed by atoms with Crippen LogP contribution in [0.1, 0.15) is 17.0 Å². The number of nitrogens with one attached hydrogen (secondary N) is 1. The molecule has 1 aromatic heterocycles. The van der Waals surface area contributed by atoms with E-state index < -0.39 is 0 Å². The summed E-state index contributed by atoms with van der Waals surface area (Å²) in [5.74, 6) is 1.80. The second-order valence-corrected chi connectivity index (χ2v) is 5.50. The average Bonchev–Trinajstić information content (AvgIpc) is 3.18. The third-order valence-corrected chi connectivity index (χ3v) is 3.82. The molecule has 116 valence electrons. The van der Waals surface area contributed by atoms with Gasteiger partial charge in [0.1, 0.15) is 5.75 Å². The summed E-state index contributed by atoms with van der Waals surface area (Å²) in [5.41, 5.74) is 0. The molecule has 1 fully saturated rings. The number of amides is 1. The molecule has 1 unspecified atom stereocenters. The number of para-hydroxylation sites is 1. The maximum absolute atomic E-state index is 12.4. The summed E-state index contributed by atoms with van der Waals surface area (Å²) in [6, 6.07) is 12.7. The zero-order valence-corrected chi connectivity index (χ0v) is 12.6. The van der Waals surface area contributed by atoms with Gasteiger partial charge in [-0.1, -0.05) is 18.2 Å². The molecule has 2 heterocycles. The van der Waals surface area contributed by atoms with Gasteiger partial charge < -0.3 is 19.4 Å². The number of hydrogen-bond donors (Lipinski definition) is 1. The van der Waals surface area contributed by atoms with Crippen LogP contribution in [-0.2, 0) is 0 Å². The van der Waals surface area contributed by atoms with Crippen molar-refractivity contribution in [3.05, 3.63) is 48.2 Å².